The van der Waals surface area contributed by atoms with Crippen molar-refractivity contribution < 1.29 is 33.7 Å². The molecule has 0 aliphatic carbocycles. The van der Waals surface area contributed by atoms with Crippen molar-refractivity contribution in [2.45, 2.75) is 13.3 Å². The number of aryl methyl sites for hydroxylation is 1. The molecule has 1 heterocycles. The zero-order valence-electron chi connectivity index (χ0n) is 6.67. The van der Waals surface area contributed by atoms with Crippen LogP contribution in [-0.4, -0.2) is 11.7 Å². The monoisotopic (exact) mass is 285 g/mol. The van der Waals surface area contributed by atoms with Crippen molar-refractivity contribution in [3.8, 4) is 0 Å². The number of rotatable bonds is 2. The second-order valence-electron chi connectivity index (χ2n) is 2.30. The van der Waals surface area contributed by atoms with E-state index in [9.17, 15) is 0 Å². The summed E-state index contributed by atoms with van der Waals surface area (Å²) in [7, 11) is 2.02. The first-order chi connectivity index (χ1) is 4.75. The first-order valence-electron chi connectivity index (χ1n) is 3.29. The van der Waals surface area contributed by atoms with E-state index in [1.165, 1.54) is 10.7 Å². The summed E-state index contributed by atoms with van der Waals surface area (Å²) in [6.45, 7) is 2.31. The molecule has 0 saturated heterocycles. The largest absolute Gasteiger partial charge is 1.00 e. The lowest BCUT2D eigenvalue weighted by molar-refractivity contribution is -0.679. The predicted octanol–water partition coefficient (Wildman–Crippen LogP) is -2.58. The van der Waals surface area contributed by atoms with E-state index in [4.69, 9.17) is 5.11 Å². The third-order valence-electron chi connectivity index (χ3n) is 1.59. The molecule has 0 aromatic carbocycles. The minimum Gasteiger partial charge on any atom is -1.00 e. The Balaban J connectivity index is 0.000001000. The van der Waals surface area contributed by atoms with Gasteiger partial charge in [0.05, 0.1) is 18.4 Å². The summed E-state index contributed by atoms with van der Waals surface area (Å²) in [6, 6.07) is 0. The quantitative estimate of drug-likeness (QED) is 0.468. The maximum atomic E-state index is 8.65. The van der Waals surface area contributed by atoms with Crippen molar-refractivity contribution in [2.75, 3.05) is 6.61 Å². The van der Waals surface area contributed by atoms with Gasteiger partial charge in [0.15, 0.2) is 5.69 Å². The fourth-order valence-electron chi connectivity index (χ4n) is 0.830. The van der Waals surface area contributed by atoms with Gasteiger partial charge >= 0.3 is 0 Å². The fraction of sp³-hybridized carbons (Fsp3) is 0.571. The van der Waals surface area contributed by atoms with E-state index < -0.39 is 0 Å². The molecule has 0 aliphatic rings. The molecule has 2 nitrogen and oxygen atoms in total. The van der Waals surface area contributed by atoms with Crippen molar-refractivity contribution >= 4 is 11.3 Å². The molecular weight excluding hydrogens is 273 g/mol. The minimum absolute atomic E-state index is 0. The van der Waals surface area contributed by atoms with Crippen LogP contribution in [0.3, 0.4) is 0 Å². The molecule has 0 amide bonds. The number of aromatic nitrogens is 1. The summed E-state index contributed by atoms with van der Waals surface area (Å²) in [5.41, 5.74) is 1.26. The third kappa shape index (κ3) is 2.68. The van der Waals surface area contributed by atoms with Crippen molar-refractivity contribution in [1.29, 1.82) is 0 Å². The average Bonchev–Trinajstić information content (AvgIpc) is 2.20. The van der Waals surface area contributed by atoms with E-state index in [0.717, 1.165) is 6.42 Å². The normalized spacial score (nSPS) is 9.36. The Morgan fingerprint density at radius 1 is 1.64 bits per heavy atom. The van der Waals surface area contributed by atoms with Gasteiger partial charge in [0.2, 0.25) is 5.01 Å². The second-order valence-corrected chi connectivity index (χ2v) is 3.25. The van der Waals surface area contributed by atoms with E-state index in [0.29, 0.717) is 0 Å². The lowest BCUT2D eigenvalue weighted by Crippen LogP contribution is -3.00. The molecule has 0 bridgehead atoms. The van der Waals surface area contributed by atoms with Crippen molar-refractivity contribution in [1.82, 2.24) is 0 Å². The minimum atomic E-state index is 0. The van der Waals surface area contributed by atoms with Crippen LogP contribution in [0.4, 0.5) is 0 Å². The standard InChI is InChI=1S/C7H12NOS.HI/c1-6-5-10-7(3-4-9)8(6)2;/h5,9H,3-4H2,1-2H3;1H/q+1;/p-1. The predicted molar refractivity (Wildman–Crippen MR) is 41.0 cm³/mol. The molecule has 0 radical (unpaired) electrons. The number of aliphatic hydroxyl groups excluding tert-OH is 1. The molecule has 1 aromatic heterocycles. The Hall–Kier alpha value is 0.320. The van der Waals surface area contributed by atoms with Gasteiger partial charge in [0.1, 0.15) is 7.05 Å². The summed E-state index contributed by atoms with van der Waals surface area (Å²) in [6.07, 6.45) is 0.773. The van der Waals surface area contributed by atoms with Crippen LogP contribution in [0.25, 0.3) is 0 Å². The van der Waals surface area contributed by atoms with Gasteiger partial charge < -0.3 is 29.1 Å². The summed E-state index contributed by atoms with van der Waals surface area (Å²) >= 11 is 1.70. The number of aliphatic hydroxyl groups is 1. The van der Waals surface area contributed by atoms with Gasteiger partial charge in [-0.05, 0) is 0 Å². The van der Waals surface area contributed by atoms with Gasteiger partial charge in [-0.2, -0.15) is 4.57 Å². The van der Waals surface area contributed by atoms with E-state index in [1.54, 1.807) is 11.3 Å². The van der Waals surface area contributed by atoms with Crippen LogP contribution in [0.5, 0.6) is 0 Å². The van der Waals surface area contributed by atoms with Crippen molar-refractivity contribution in [3.63, 3.8) is 0 Å². The van der Waals surface area contributed by atoms with Gasteiger partial charge in [-0.15, -0.1) is 0 Å². The highest BCUT2D eigenvalue weighted by atomic mass is 127. The molecule has 1 rings (SSSR count). The number of thiazole rings is 1. The van der Waals surface area contributed by atoms with Crippen LogP contribution in [-0.2, 0) is 13.5 Å². The topological polar surface area (TPSA) is 24.1 Å². The number of hydrogen-bond acceptors (Lipinski definition) is 2. The highest BCUT2D eigenvalue weighted by Crippen LogP contribution is 2.05. The molecule has 0 saturated carbocycles. The highest BCUT2D eigenvalue weighted by molar-refractivity contribution is 7.09. The van der Waals surface area contributed by atoms with Crippen LogP contribution >= 0.6 is 11.3 Å². The van der Waals surface area contributed by atoms with Crippen LogP contribution in [0.1, 0.15) is 10.7 Å². The lowest BCUT2D eigenvalue weighted by Gasteiger charge is -1.88. The Labute approximate surface area is 87.9 Å². The fourth-order valence-corrected chi connectivity index (χ4v) is 1.81. The van der Waals surface area contributed by atoms with Crippen LogP contribution < -0.4 is 28.5 Å². The van der Waals surface area contributed by atoms with Crippen molar-refractivity contribution in [3.05, 3.63) is 16.1 Å². The Kier molecular flexibility index (Phi) is 5.20. The molecule has 1 N–H and O–H groups in total. The highest BCUT2D eigenvalue weighted by Gasteiger charge is 2.10. The molecule has 0 aliphatic heterocycles. The van der Waals surface area contributed by atoms with Gasteiger partial charge in [-0.25, -0.2) is 0 Å². The van der Waals surface area contributed by atoms with E-state index in [2.05, 4.69) is 16.9 Å². The van der Waals surface area contributed by atoms with Crippen LogP contribution in [0.2, 0.25) is 0 Å². The molecule has 0 unspecified atom stereocenters. The maximum Gasteiger partial charge on any atom is 0.239 e. The smallest absolute Gasteiger partial charge is 0.239 e. The molecule has 0 spiro atoms. The van der Waals surface area contributed by atoms with Crippen LogP contribution in [0, 0.1) is 6.92 Å². The SMILES string of the molecule is Cc1csc(CCO)[n+]1C.[I-]. The van der Waals surface area contributed by atoms with E-state index in [-0.39, 0.29) is 30.6 Å². The van der Waals surface area contributed by atoms with Crippen LogP contribution in [0.15, 0.2) is 5.38 Å². The molecule has 11 heavy (non-hydrogen) atoms. The van der Waals surface area contributed by atoms with Gasteiger partial charge in [-0.1, -0.05) is 11.3 Å². The molecule has 0 atom stereocenters. The zero-order chi connectivity index (χ0) is 7.56. The average molecular weight is 285 g/mol. The molecule has 4 heteroatoms. The first kappa shape index (κ1) is 11.3. The Bertz CT molecular complexity index is 224. The molecule has 64 valence electrons. The van der Waals surface area contributed by atoms with Gasteiger partial charge in [0, 0.05) is 6.92 Å². The zero-order valence-corrected chi connectivity index (χ0v) is 9.65. The summed E-state index contributed by atoms with van der Waals surface area (Å²) < 4.78 is 2.11. The molecule has 1 aromatic rings. The molecular formula is C7H12INOS. The first-order valence-corrected chi connectivity index (χ1v) is 4.17. The summed E-state index contributed by atoms with van der Waals surface area (Å²) in [5.74, 6) is 0. The third-order valence-corrected chi connectivity index (χ3v) is 2.80. The Morgan fingerprint density at radius 3 is 2.64 bits per heavy atom. The lowest BCUT2D eigenvalue weighted by atomic mass is 10.4. The number of halogens is 1. The molecule has 0 fully saturated rings. The summed E-state index contributed by atoms with van der Waals surface area (Å²) in [5, 5.41) is 12.0. The summed E-state index contributed by atoms with van der Waals surface area (Å²) in [4.78, 5) is 0. The number of hydrogen-bond donors (Lipinski definition) is 1. The Morgan fingerprint density at radius 2 is 2.27 bits per heavy atom. The number of nitrogens with zero attached hydrogens (tertiary/aromatic N) is 1. The van der Waals surface area contributed by atoms with E-state index >= 15 is 0 Å². The second kappa shape index (κ2) is 5.05. The van der Waals surface area contributed by atoms with E-state index in [1.807, 2.05) is 7.05 Å². The van der Waals surface area contributed by atoms with Crippen molar-refractivity contribution in [2.24, 2.45) is 7.05 Å². The van der Waals surface area contributed by atoms with Gasteiger partial charge in [0.25, 0.3) is 0 Å². The maximum absolute atomic E-state index is 8.65. The van der Waals surface area contributed by atoms with Gasteiger partial charge in [-0.3, -0.25) is 0 Å².